The fourth-order valence-corrected chi connectivity index (χ4v) is 2.75. The van der Waals surface area contributed by atoms with E-state index in [9.17, 15) is 9.59 Å². The predicted molar refractivity (Wildman–Crippen MR) is 101 cm³/mol. The lowest BCUT2D eigenvalue weighted by molar-refractivity contribution is -0.128. The summed E-state index contributed by atoms with van der Waals surface area (Å²) in [5.41, 5.74) is 8.13. The van der Waals surface area contributed by atoms with Crippen LogP contribution in [0.1, 0.15) is 17.5 Å². The van der Waals surface area contributed by atoms with E-state index in [-0.39, 0.29) is 18.4 Å². The molecular formula is C20H22N4O2. The number of carbonyl (C=O) groups excluding carboxylic acids is 2. The van der Waals surface area contributed by atoms with Crippen LogP contribution in [0.25, 0.3) is 10.9 Å². The summed E-state index contributed by atoms with van der Waals surface area (Å²) < 4.78 is 0. The molecule has 3 aromatic rings. The maximum atomic E-state index is 11.9. The van der Waals surface area contributed by atoms with E-state index in [1.54, 1.807) is 0 Å². The average Bonchev–Trinajstić information content (AvgIpc) is 3.09. The molecule has 0 spiro atoms. The van der Waals surface area contributed by atoms with E-state index in [0.717, 1.165) is 22.0 Å². The first-order valence-corrected chi connectivity index (χ1v) is 8.59. The summed E-state index contributed by atoms with van der Waals surface area (Å²) >= 11 is 0. The van der Waals surface area contributed by atoms with Gasteiger partial charge in [-0.15, -0.1) is 0 Å². The van der Waals surface area contributed by atoms with E-state index in [1.165, 1.54) is 0 Å². The van der Waals surface area contributed by atoms with Gasteiger partial charge < -0.3 is 10.3 Å². The molecule has 2 aromatic carbocycles. The summed E-state index contributed by atoms with van der Waals surface area (Å²) in [6.45, 7) is 0.737. The van der Waals surface area contributed by atoms with E-state index in [2.05, 4.69) is 21.2 Å². The minimum absolute atomic E-state index is 0.137. The Balaban J connectivity index is 1.35. The maximum Gasteiger partial charge on any atom is 0.252 e. The molecule has 0 bridgehead atoms. The number of hydrogen-bond acceptors (Lipinski definition) is 3. The molecule has 3 rings (SSSR count). The number of amides is 2. The number of benzene rings is 2. The van der Waals surface area contributed by atoms with Gasteiger partial charge in [0, 0.05) is 30.1 Å². The van der Waals surface area contributed by atoms with E-state index < -0.39 is 0 Å². The van der Waals surface area contributed by atoms with Gasteiger partial charge in [-0.2, -0.15) is 0 Å². The van der Waals surface area contributed by atoms with Crippen molar-refractivity contribution >= 4 is 22.7 Å². The highest BCUT2D eigenvalue weighted by Crippen LogP contribution is 2.18. The molecule has 0 aliphatic carbocycles. The smallest absolute Gasteiger partial charge is 0.252 e. The van der Waals surface area contributed by atoms with Gasteiger partial charge in [-0.3, -0.25) is 20.4 Å². The van der Waals surface area contributed by atoms with E-state index >= 15 is 0 Å². The molecule has 1 aromatic heterocycles. The van der Waals surface area contributed by atoms with Crippen molar-refractivity contribution in [1.29, 1.82) is 0 Å². The van der Waals surface area contributed by atoms with E-state index in [4.69, 9.17) is 0 Å². The Hall–Kier alpha value is -3.12. The third-order valence-corrected chi connectivity index (χ3v) is 4.10. The zero-order valence-corrected chi connectivity index (χ0v) is 14.4. The molecular weight excluding hydrogens is 328 g/mol. The Morgan fingerprint density at radius 1 is 0.885 bits per heavy atom. The third-order valence-electron chi connectivity index (χ3n) is 4.10. The second-order valence-corrected chi connectivity index (χ2v) is 6.05. The molecule has 0 radical (unpaired) electrons. The number of aromatic amines is 1. The summed E-state index contributed by atoms with van der Waals surface area (Å²) in [4.78, 5) is 26.9. The number of para-hydroxylation sites is 1. The largest absolute Gasteiger partial charge is 0.361 e. The monoisotopic (exact) mass is 350 g/mol. The number of aromatic nitrogens is 1. The molecule has 0 unspecified atom stereocenters. The van der Waals surface area contributed by atoms with Gasteiger partial charge in [-0.1, -0.05) is 48.5 Å². The molecule has 0 fully saturated rings. The van der Waals surface area contributed by atoms with Gasteiger partial charge in [0.1, 0.15) is 0 Å². The summed E-state index contributed by atoms with van der Waals surface area (Å²) in [5.74, 6) is -0.493. The normalized spacial score (nSPS) is 10.6. The van der Waals surface area contributed by atoms with Crippen LogP contribution in [-0.4, -0.2) is 23.3 Å². The number of nitrogens with one attached hydrogen (secondary N) is 4. The van der Waals surface area contributed by atoms with Crippen molar-refractivity contribution in [3.63, 3.8) is 0 Å². The molecule has 4 N–H and O–H groups in total. The van der Waals surface area contributed by atoms with Crippen molar-refractivity contribution in [2.75, 3.05) is 6.54 Å². The van der Waals surface area contributed by atoms with Gasteiger partial charge in [0.25, 0.3) is 5.91 Å². The average molecular weight is 350 g/mol. The number of fused-ring (bicyclic) bond motifs is 1. The number of hydrogen-bond donors (Lipinski definition) is 4. The highest BCUT2D eigenvalue weighted by Gasteiger charge is 2.08. The fraction of sp³-hybridized carbons (Fsp3) is 0.200. The molecule has 6 nitrogen and oxygen atoms in total. The molecule has 2 amide bonds. The zero-order valence-electron chi connectivity index (χ0n) is 14.4. The molecule has 0 atom stereocenters. The topological polar surface area (TPSA) is 86.0 Å². The summed E-state index contributed by atoms with van der Waals surface area (Å²) in [7, 11) is 0. The number of H-pyrrole nitrogens is 1. The van der Waals surface area contributed by atoms with Gasteiger partial charge >= 0.3 is 0 Å². The minimum atomic E-state index is -0.277. The second-order valence-electron chi connectivity index (χ2n) is 6.05. The first-order valence-electron chi connectivity index (χ1n) is 8.59. The summed E-state index contributed by atoms with van der Waals surface area (Å²) in [6, 6.07) is 17.8. The van der Waals surface area contributed by atoms with Crippen LogP contribution in [-0.2, 0) is 22.6 Å². The first kappa shape index (κ1) is 17.7. The van der Waals surface area contributed by atoms with Crippen LogP contribution in [0.3, 0.4) is 0 Å². The highest BCUT2D eigenvalue weighted by molar-refractivity contribution is 5.85. The van der Waals surface area contributed by atoms with Crippen molar-refractivity contribution in [3.8, 4) is 0 Å². The minimum Gasteiger partial charge on any atom is -0.361 e. The Morgan fingerprint density at radius 3 is 2.46 bits per heavy atom. The molecule has 134 valence electrons. The van der Waals surface area contributed by atoms with E-state index in [0.29, 0.717) is 19.4 Å². The standard InChI is InChI=1S/C20H22N4O2/c25-19(11-10-16-13-22-18-9-5-4-8-17(16)18)23-24-20(26)14-21-12-15-6-2-1-3-7-15/h1-9,13,21-22H,10-12,14H2,(H,23,25)(H,24,26). The first-order chi connectivity index (χ1) is 12.7. The number of hydrazine groups is 1. The van der Waals surface area contributed by atoms with E-state index in [1.807, 2.05) is 60.8 Å². The van der Waals surface area contributed by atoms with Crippen molar-refractivity contribution in [1.82, 2.24) is 21.2 Å². The number of rotatable bonds is 7. The molecule has 1 heterocycles. The van der Waals surface area contributed by atoms with Crippen molar-refractivity contribution < 1.29 is 9.59 Å². The molecule has 0 saturated heterocycles. The Kier molecular flexibility index (Phi) is 6.01. The van der Waals surface area contributed by atoms with Crippen LogP contribution in [0.2, 0.25) is 0 Å². The van der Waals surface area contributed by atoms with Crippen LogP contribution >= 0.6 is 0 Å². The van der Waals surface area contributed by atoms with Crippen LogP contribution in [0.4, 0.5) is 0 Å². The fourth-order valence-electron chi connectivity index (χ4n) is 2.75. The molecule has 0 saturated carbocycles. The quantitative estimate of drug-likeness (QED) is 0.492. The molecule has 6 heteroatoms. The van der Waals surface area contributed by atoms with Crippen LogP contribution in [0, 0.1) is 0 Å². The van der Waals surface area contributed by atoms with Crippen molar-refractivity contribution in [3.05, 3.63) is 71.9 Å². The lowest BCUT2D eigenvalue weighted by Crippen LogP contribution is -2.45. The Morgan fingerprint density at radius 2 is 1.62 bits per heavy atom. The summed E-state index contributed by atoms with van der Waals surface area (Å²) in [6.07, 6.45) is 2.83. The molecule has 26 heavy (non-hydrogen) atoms. The molecule has 0 aliphatic rings. The zero-order chi connectivity index (χ0) is 18.2. The Bertz CT molecular complexity index is 874. The third kappa shape index (κ3) is 4.94. The second kappa shape index (κ2) is 8.82. The van der Waals surface area contributed by atoms with Gasteiger partial charge in [0.2, 0.25) is 5.91 Å². The van der Waals surface area contributed by atoms with Crippen molar-refractivity contribution in [2.45, 2.75) is 19.4 Å². The van der Waals surface area contributed by atoms with Gasteiger partial charge in [0.15, 0.2) is 0 Å². The lowest BCUT2D eigenvalue weighted by Gasteiger charge is -2.08. The van der Waals surface area contributed by atoms with Crippen LogP contribution in [0.15, 0.2) is 60.8 Å². The highest BCUT2D eigenvalue weighted by atomic mass is 16.2. The SMILES string of the molecule is O=C(CCc1c[nH]c2ccccc12)NNC(=O)CNCc1ccccc1. The Labute approximate surface area is 152 Å². The number of aryl methyl sites for hydroxylation is 1. The van der Waals surface area contributed by atoms with Crippen LogP contribution < -0.4 is 16.2 Å². The maximum absolute atomic E-state index is 11.9. The summed E-state index contributed by atoms with van der Waals surface area (Å²) in [5, 5.41) is 4.15. The lowest BCUT2D eigenvalue weighted by atomic mass is 10.1. The van der Waals surface area contributed by atoms with Crippen molar-refractivity contribution in [2.24, 2.45) is 0 Å². The van der Waals surface area contributed by atoms with Gasteiger partial charge in [0.05, 0.1) is 6.54 Å². The predicted octanol–water partition coefficient (Wildman–Crippen LogP) is 2.04. The number of carbonyl (C=O) groups is 2. The molecule has 0 aliphatic heterocycles. The van der Waals surface area contributed by atoms with Crippen LogP contribution in [0.5, 0.6) is 0 Å². The van der Waals surface area contributed by atoms with Gasteiger partial charge in [-0.05, 0) is 23.6 Å². The van der Waals surface area contributed by atoms with Gasteiger partial charge in [-0.25, -0.2) is 0 Å².